The smallest absolute Gasteiger partial charge is 0.472 e. The number of phosphoric acid groups is 1. The molecule has 9 N–H and O–H groups in total. The standard InChI is InChI=1S/C36H54N7O14P/c1-6-26(44)41-31(35(50)51)32(22(4)5)57-58(53,54)56-20-23-9-11-24(12-10-23)39-33(48)25(8-7-16-38-36(37)52)40-34(49)30(21(2)3)42-27(45)15-18-55-19-17-43-28(46)13-14-29(43)47/h9-14,21-22,25,30-32H,6-8,15-20H2,1-5H3,(H,39,48)(H,40,49)(H,41,44)(H,42,45)(H,50,51)(H,53,54)(H3,37,38,52)/t25?,30?,31-,32+/m0/s1. The van der Waals surface area contributed by atoms with Gasteiger partial charge in [0.15, 0.2) is 6.04 Å². The van der Waals surface area contributed by atoms with E-state index in [2.05, 4.69) is 26.6 Å². The SMILES string of the molecule is CCC(=O)N[C@H](C(=O)O)[C@H](OP(=O)(O)OCc1ccc(NC(=O)C(CCCNC(N)=O)NC(=O)C(NC(=O)CCOCCN2C(=O)C=CC2=O)C(C)C)cc1)C(C)C. The third-order valence-electron chi connectivity index (χ3n) is 8.46. The van der Waals surface area contributed by atoms with Crippen LogP contribution in [0.2, 0.25) is 0 Å². The van der Waals surface area contributed by atoms with Gasteiger partial charge in [0.2, 0.25) is 23.6 Å². The van der Waals surface area contributed by atoms with Gasteiger partial charge in [-0.1, -0.05) is 46.8 Å². The fourth-order valence-electron chi connectivity index (χ4n) is 5.28. The van der Waals surface area contributed by atoms with Crippen LogP contribution < -0.4 is 32.3 Å². The molecule has 5 atom stereocenters. The lowest BCUT2D eigenvalue weighted by atomic mass is 9.99. The van der Waals surface area contributed by atoms with Gasteiger partial charge in [0.05, 0.1) is 26.4 Å². The van der Waals surface area contributed by atoms with Crippen LogP contribution in [0, 0.1) is 11.8 Å². The van der Waals surface area contributed by atoms with Crippen molar-refractivity contribution in [1.82, 2.24) is 26.2 Å². The number of rotatable bonds is 26. The van der Waals surface area contributed by atoms with Crippen LogP contribution in [0.1, 0.15) is 65.9 Å². The molecule has 1 aromatic rings. The molecule has 1 aliphatic heterocycles. The number of benzene rings is 1. The first-order valence-electron chi connectivity index (χ1n) is 18.6. The molecular weight excluding hydrogens is 785 g/mol. The Hall–Kier alpha value is -5.21. The number of carboxylic acid groups (broad SMARTS) is 1. The number of imide groups is 1. The van der Waals surface area contributed by atoms with Crippen molar-refractivity contribution in [1.29, 1.82) is 0 Å². The molecule has 0 saturated heterocycles. The van der Waals surface area contributed by atoms with Crippen molar-refractivity contribution in [2.75, 3.05) is 31.6 Å². The van der Waals surface area contributed by atoms with Crippen LogP contribution >= 0.6 is 7.82 Å². The highest BCUT2D eigenvalue weighted by Gasteiger charge is 2.39. The number of ether oxygens (including phenoxy) is 1. The Morgan fingerprint density at radius 3 is 2.03 bits per heavy atom. The first kappa shape index (κ1) is 48.9. The number of nitrogens with one attached hydrogen (secondary N) is 5. The summed E-state index contributed by atoms with van der Waals surface area (Å²) in [6.45, 7) is 7.63. The summed E-state index contributed by atoms with van der Waals surface area (Å²) in [6.07, 6.45) is 1.03. The van der Waals surface area contributed by atoms with E-state index in [1.54, 1.807) is 27.7 Å². The van der Waals surface area contributed by atoms with Crippen molar-refractivity contribution in [3.8, 4) is 0 Å². The third-order valence-corrected chi connectivity index (χ3v) is 9.43. The summed E-state index contributed by atoms with van der Waals surface area (Å²) in [4.78, 5) is 109. The molecule has 0 saturated carbocycles. The maximum absolute atomic E-state index is 13.4. The van der Waals surface area contributed by atoms with Crippen LogP contribution in [0.5, 0.6) is 0 Å². The predicted molar refractivity (Wildman–Crippen MR) is 206 cm³/mol. The van der Waals surface area contributed by atoms with E-state index >= 15 is 0 Å². The van der Waals surface area contributed by atoms with E-state index in [9.17, 15) is 52.9 Å². The van der Waals surface area contributed by atoms with Crippen LogP contribution in [0.4, 0.5) is 10.5 Å². The molecule has 58 heavy (non-hydrogen) atoms. The van der Waals surface area contributed by atoms with Gasteiger partial charge in [-0.25, -0.2) is 14.2 Å². The number of carboxylic acids is 1. The zero-order valence-electron chi connectivity index (χ0n) is 33.1. The molecular formula is C36H54N7O14P. The van der Waals surface area contributed by atoms with Crippen molar-refractivity contribution in [3.63, 3.8) is 0 Å². The lowest BCUT2D eigenvalue weighted by molar-refractivity contribution is -0.145. The average molecular weight is 840 g/mol. The number of urea groups is 1. The first-order valence-corrected chi connectivity index (χ1v) is 20.1. The predicted octanol–water partition coefficient (Wildman–Crippen LogP) is 0.669. The zero-order chi connectivity index (χ0) is 43.6. The highest BCUT2D eigenvalue weighted by molar-refractivity contribution is 7.47. The number of nitrogens with two attached hydrogens (primary N) is 1. The number of anilines is 1. The molecule has 0 spiro atoms. The second kappa shape index (κ2) is 23.9. The van der Waals surface area contributed by atoms with Gasteiger partial charge in [-0.2, -0.15) is 0 Å². The Balaban J connectivity index is 2.03. The Morgan fingerprint density at radius 1 is 0.862 bits per heavy atom. The zero-order valence-corrected chi connectivity index (χ0v) is 34.0. The second-order valence-electron chi connectivity index (χ2n) is 13.8. The summed E-state index contributed by atoms with van der Waals surface area (Å²) in [5.74, 6) is -5.80. The van der Waals surface area contributed by atoms with Crippen molar-refractivity contribution in [2.24, 2.45) is 17.6 Å². The van der Waals surface area contributed by atoms with Crippen LogP contribution in [-0.2, 0) is 58.5 Å². The molecule has 322 valence electrons. The molecule has 21 nitrogen and oxygen atoms in total. The molecule has 1 heterocycles. The summed E-state index contributed by atoms with van der Waals surface area (Å²) in [7, 11) is -4.85. The monoisotopic (exact) mass is 839 g/mol. The molecule has 0 bridgehead atoms. The van der Waals surface area contributed by atoms with Crippen LogP contribution in [0.15, 0.2) is 36.4 Å². The number of hydrogen-bond acceptors (Lipinski definition) is 12. The van der Waals surface area contributed by atoms with Gasteiger partial charge >= 0.3 is 19.8 Å². The van der Waals surface area contributed by atoms with E-state index in [1.807, 2.05) is 0 Å². The normalized spacial score (nSPS) is 15.6. The average Bonchev–Trinajstić information content (AvgIpc) is 3.47. The number of nitrogens with zero attached hydrogens (tertiary/aromatic N) is 1. The van der Waals surface area contributed by atoms with Crippen LogP contribution in [0.25, 0.3) is 0 Å². The van der Waals surface area contributed by atoms with E-state index < -0.39 is 97.9 Å². The topological polar surface area (TPSA) is 311 Å². The van der Waals surface area contributed by atoms with E-state index in [0.29, 0.717) is 5.56 Å². The number of phosphoric ester groups is 1. The number of aliphatic carboxylic acids is 1. The molecule has 1 aromatic carbocycles. The minimum absolute atomic E-state index is 0.00960. The quantitative estimate of drug-likeness (QED) is 0.0361. The fraction of sp³-hybridized carbons (Fsp3) is 0.556. The van der Waals surface area contributed by atoms with Gasteiger partial charge in [0, 0.05) is 37.2 Å². The Kier molecular flexibility index (Phi) is 20.2. The summed E-state index contributed by atoms with van der Waals surface area (Å²) >= 11 is 0. The summed E-state index contributed by atoms with van der Waals surface area (Å²) < 4.78 is 28.5. The van der Waals surface area contributed by atoms with Crippen LogP contribution in [-0.4, -0.2) is 113 Å². The minimum Gasteiger partial charge on any atom is -0.480 e. The van der Waals surface area contributed by atoms with Gasteiger partial charge in [-0.3, -0.25) is 42.7 Å². The van der Waals surface area contributed by atoms with Crippen molar-refractivity contribution >= 4 is 61.0 Å². The van der Waals surface area contributed by atoms with Crippen LogP contribution in [0.3, 0.4) is 0 Å². The molecule has 22 heteroatoms. The third kappa shape index (κ3) is 17.1. The van der Waals surface area contributed by atoms with Crippen molar-refractivity contribution in [3.05, 3.63) is 42.0 Å². The van der Waals surface area contributed by atoms with E-state index in [-0.39, 0.29) is 57.7 Å². The number of hydrogen-bond donors (Lipinski definition) is 8. The Bertz CT molecular complexity index is 1690. The molecule has 1 aliphatic rings. The van der Waals surface area contributed by atoms with E-state index in [1.165, 1.54) is 31.2 Å². The van der Waals surface area contributed by atoms with Gasteiger partial charge in [-0.15, -0.1) is 0 Å². The Labute approximate surface area is 335 Å². The van der Waals surface area contributed by atoms with Gasteiger partial charge in [0.1, 0.15) is 18.2 Å². The molecule has 3 unspecified atom stereocenters. The first-order chi connectivity index (χ1) is 27.2. The van der Waals surface area contributed by atoms with Gasteiger partial charge < -0.3 is 47.1 Å². The molecule has 8 amide bonds. The molecule has 0 aromatic heterocycles. The summed E-state index contributed by atoms with van der Waals surface area (Å²) in [6, 6.07) is 1.28. The van der Waals surface area contributed by atoms with Gasteiger partial charge in [0.25, 0.3) is 11.8 Å². The highest BCUT2D eigenvalue weighted by Crippen LogP contribution is 2.47. The summed E-state index contributed by atoms with van der Waals surface area (Å²) in [5, 5.41) is 22.3. The van der Waals surface area contributed by atoms with E-state index in [4.69, 9.17) is 19.5 Å². The number of carbonyl (C=O) groups excluding carboxylic acids is 7. The number of primary amides is 1. The Morgan fingerprint density at radius 2 is 1.48 bits per heavy atom. The second-order valence-corrected chi connectivity index (χ2v) is 15.2. The molecule has 2 rings (SSSR count). The van der Waals surface area contributed by atoms with Crippen molar-refractivity contribution in [2.45, 2.75) is 91.1 Å². The van der Waals surface area contributed by atoms with Crippen molar-refractivity contribution < 1.29 is 66.7 Å². The fourth-order valence-corrected chi connectivity index (χ4v) is 6.33. The highest BCUT2D eigenvalue weighted by atomic mass is 31.2. The lowest BCUT2D eigenvalue weighted by Crippen LogP contribution is -2.54. The molecule has 0 radical (unpaired) electrons. The largest absolute Gasteiger partial charge is 0.480 e. The number of amides is 8. The molecule has 0 fully saturated rings. The maximum atomic E-state index is 13.4. The maximum Gasteiger partial charge on any atom is 0.472 e. The molecule has 0 aliphatic carbocycles. The number of carbonyl (C=O) groups is 8. The minimum atomic E-state index is -4.85. The van der Waals surface area contributed by atoms with Gasteiger partial charge in [-0.05, 0) is 42.4 Å². The van der Waals surface area contributed by atoms with E-state index in [0.717, 1.165) is 17.1 Å². The lowest BCUT2D eigenvalue weighted by Gasteiger charge is -2.29. The summed E-state index contributed by atoms with van der Waals surface area (Å²) in [5.41, 5.74) is 5.77.